The maximum absolute atomic E-state index is 12.3. The van der Waals surface area contributed by atoms with Crippen LogP contribution in [0.5, 0.6) is 0 Å². The third-order valence-corrected chi connectivity index (χ3v) is 4.76. The Morgan fingerprint density at radius 3 is 2.88 bits per heavy atom. The van der Waals surface area contributed by atoms with Gasteiger partial charge in [-0.05, 0) is 36.6 Å². The Balaban J connectivity index is 1.55. The summed E-state index contributed by atoms with van der Waals surface area (Å²) in [5.41, 5.74) is 0.901. The van der Waals surface area contributed by atoms with Gasteiger partial charge >= 0.3 is 0 Å². The number of carbonyl (C=O) groups excluding carboxylic acids is 1. The number of piperidine rings is 1. The molecule has 1 aromatic carbocycles. The Hall–Kier alpha value is -1.85. The lowest BCUT2D eigenvalue weighted by Crippen LogP contribution is -2.45. The monoisotopic (exact) mass is 348 g/mol. The predicted octanol–water partition coefficient (Wildman–Crippen LogP) is 3.16. The van der Waals surface area contributed by atoms with E-state index in [2.05, 4.69) is 4.98 Å². The molecule has 1 aliphatic heterocycles. The third-order valence-electron chi connectivity index (χ3n) is 4.51. The van der Waals surface area contributed by atoms with Crippen LogP contribution in [-0.4, -0.2) is 40.1 Å². The van der Waals surface area contributed by atoms with Crippen LogP contribution in [0.3, 0.4) is 0 Å². The van der Waals surface area contributed by atoms with Crippen LogP contribution < -0.4 is 0 Å². The fourth-order valence-corrected chi connectivity index (χ4v) is 2.95. The number of benzene rings is 1. The molecule has 1 aromatic heterocycles. The van der Waals surface area contributed by atoms with E-state index in [-0.39, 0.29) is 11.8 Å². The number of amides is 1. The number of aliphatic hydroxyl groups is 1. The lowest BCUT2D eigenvalue weighted by atomic mass is 9.96. The van der Waals surface area contributed by atoms with Crippen molar-refractivity contribution in [3.05, 3.63) is 41.4 Å². The molecule has 2 heterocycles. The molecule has 1 aliphatic rings. The minimum absolute atomic E-state index is 0.0344. The van der Waals surface area contributed by atoms with Crippen molar-refractivity contribution in [3.63, 3.8) is 0 Å². The van der Waals surface area contributed by atoms with E-state index in [0.29, 0.717) is 42.6 Å². The molecule has 1 amide bonds. The summed E-state index contributed by atoms with van der Waals surface area (Å²) in [6.45, 7) is 3.14. The summed E-state index contributed by atoms with van der Waals surface area (Å²) in [6.07, 6.45) is 2.86. The number of oxazole rings is 1. The molecule has 0 spiro atoms. The van der Waals surface area contributed by atoms with Crippen molar-refractivity contribution in [2.24, 2.45) is 5.92 Å². The fraction of sp³-hybridized carbons (Fsp3) is 0.444. The van der Waals surface area contributed by atoms with Crippen molar-refractivity contribution in [2.45, 2.75) is 32.3 Å². The number of halogens is 1. The highest BCUT2D eigenvalue weighted by Crippen LogP contribution is 2.23. The molecule has 0 bridgehead atoms. The highest BCUT2D eigenvalue weighted by Gasteiger charge is 2.27. The van der Waals surface area contributed by atoms with E-state index < -0.39 is 6.10 Å². The number of hydrogen-bond acceptors (Lipinski definition) is 4. The van der Waals surface area contributed by atoms with Crippen molar-refractivity contribution in [3.8, 4) is 11.3 Å². The predicted molar refractivity (Wildman–Crippen MR) is 91.6 cm³/mol. The normalized spacial score (nSPS) is 21.0. The number of aliphatic hydroxyl groups excluding tert-OH is 1. The minimum Gasteiger partial charge on any atom is -0.441 e. The Morgan fingerprint density at radius 2 is 2.17 bits per heavy atom. The number of aryl methyl sites for hydroxylation is 1. The summed E-state index contributed by atoms with van der Waals surface area (Å²) >= 11 is 5.88. The number of aromatic nitrogens is 1. The van der Waals surface area contributed by atoms with E-state index >= 15 is 0 Å². The van der Waals surface area contributed by atoms with Gasteiger partial charge in [0.2, 0.25) is 5.91 Å². The number of nitrogens with zero attached hydrogens (tertiary/aromatic N) is 2. The molecule has 5 nitrogen and oxygen atoms in total. The topological polar surface area (TPSA) is 66.6 Å². The van der Waals surface area contributed by atoms with Crippen LogP contribution in [0.4, 0.5) is 0 Å². The van der Waals surface area contributed by atoms with Crippen LogP contribution in [0.15, 0.2) is 34.9 Å². The van der Waals surface area contributed by atoms with Gasteiger partial charge < -0.3 is 14.4 Å². The number of β-amino-alcohol motifs (C(OH)–C–C–N with tert-alkyl or cyclic N) is 1. The molecular formula is C18H21ClN2O3. The van der Waals surface area contributed by atoms with E-state index in [9.17, 15) is 9.90 Å². The molecular weight excluding hydrogens is 328 g/mol. The van der Waals surface area contributed by atoms with Crippen LogP contribution in [0.25, 0.3) is 11.3 Å². The van der Waals surface area contributed by atoms with E-state index in [1.807, 2.05) is 19.1 Å². The minimum atomic E-state index is -0.430. The second-order valence-electron chi connectivity index (χ2n) is 6.30. The molecule has 1 N–H and O–H groups in total. The van der Waals surface area contributed by atoms with Gasteiger partial charge in [-0.15, -0.1) is 0 Å². The van der Waals surface area contributed by atoms with Crippen molar-refractivity contribution in [2.75, 3.05) is 13.1 Å². The van der Waals surface area contributed by atoms with E-state index in [0.717, 1.165) is 12.0 Å². The highest BCUT2D eigenvalue weighted by atomic mass is 35.5. The molecule has 2 aromatic rings. The second-order valence-corrected chi connectivity index (χ2v) is 6.73. The quantitative estimate of drug-likeness (QED) is 0.921. The molecule has 6 heteroatoms. The van der Waals surface area contributed by atoms with Crippen LogP contribution in [0.1, 0.15) is 25.7 Å². The smallest absolute Gasteiger partial charge is 0.223 e. The molecule has 24 heavy (non-hydrogen) atoms. The lowest BCUT2D eigenvalue weighted by molar-refractivity contribution is -0.135. The first-order valence-corrected chi connectivity index (χ1v) is 8.57. The van der Waals surface area contributed by atoms with Crippen LogP contribution in [0.2, 0.25) is 5.02 Å². The lowest BCUT2D eigenvalue weighted by Gasteiger charge is -2.34. The first kappa shape index (κ1) is 17.0. The largest absolute Gasteiger partial charge is 0.441 e. The Morgan fingerprint density at radius 1 is 1.42 bits per heavy atom. The molecule has 128 valence electrons. The van der Waals surface area contributed by atoms with Crippen LogP contribution in [0, 0.1) is 5.92 Å². The van der Waals surface area contributed by atoms with Crippen molar-refractivity contribution < 1.29 is 14.3 Å². The van der Waals surface area contributed by atoms with Gasteiger partial charge in [-0.1, -0.05) is 18.5 Å². The Kier molecular flexibility index (Phi) is 5.21. The van der Waals surface area contributed by atoms with Gasteiger partial charge in [-0.25, -0.2) is 4.98 Å². The highest BCUT2D eigenvalue weighted by molar-refractivity contribution is 6.30. The number of hydrogen-bond donors (Lipinski definition) is 1. The standard InChI is InChI=1S/C18H21ClN2O3/c1-12-8-9-21(11-15(12)22)18(23)7-6-17-20-10-16(24-17)13-2-4-14(19)5-3-13/h2-5,10,12,15,22H,6-9,11H2,1H3. The van der Waals surface area contributed by atoms with Crippen LogP contribution in [-0.2, 0) is 11.2 Å². The average molecular weight is 349 g/mol. The number of rotatable bonds is 4. The zero-order chi connectivity index (χ0) is 17.1. The zero-order valence-electron chi connectivity index (χ0n) is 13.6. The van der Waals surface area contributed by atoms with Gasteiger partial charge in [0, 0.05) is 36.5 Å². The second kappa shape index (κ2) is 7.36. The maximum atomic E-state index is 12.3. The summed E-state index contributed by atoms with van der Waals surface area (Å²) in [7, 11) is 0. The number of likely N-dealkylation sites (tertiary alicyclic amines) is 1. The SMILES string of the molecule is CC1CCN(C(=O)CCc2ncc(-c3ccc(Cl)cc3)o2)CC1O. The first-order chi connectivity index (χ1) is 11.5. The van der Waals surface area contributed by atoms with E-state index in [4.69, 9.17) is 16.0 Å². The Labute approximate surface area is 146 Å². The molecule has 1 fully saturated rings. The molecule has 0 radical (unpaired) electrons. The average Bonchev–Trinajstić information content (AvgIpc) is 3.05. The molecule has 2 atom stereocenters. The maximum Gasteiger partial charge on any atom is 0.223 e. The van der Waals surface area contributed by atoms with Gasteiger partial charge in [-0.2, -0.15) is 0 Å². The molecule has 2 unspecified atom stereocenters. The molecule has 1 saturated heterocycles. The van der Waals surface area contributed by atoms with Crippen molar-refractivity contribution in [1.82, 2.24) is 9.88 Å². The van der Waals surface area contributed by atoms with E-state index in [1.165, 1.54) is 0 Å². The Bertz CT molecular complexity index is 699. The first-order valence-electron chi connectivity index (χ1n) is 8.19. The van der Waals surface area contributed by atoms with Crippen molar-refractivity contribution in [1.29, 1.82) is 0 Å². The summed E-state index contributed by atoms with van der Waals surface area (Å²) in [4.78, 5) is 18.2. The van der Waals surface area contributed by atoms with Gasteiger partial charge in [0.1, 0.15) is 0 Å². The zero-order valence-corrected chi connectivity index (χ0v) is 14.4. The fourth-order valence-electron chi connectivity index (χ4n) is 2.82. The summed E-state index contributed by atoms with van der Waals surface area (Å²) < 4.78 is 5.71. The third kappa shape index (κ3) is 3.97. The summed E-state index contributed by atoms with van der Waals surface area (Å²) in [6, 6.07) is 7.33. The van der Waals surface area contributed by atoms with Gasteiger partial charge in [0.25, 0.3) is 0 Å². The van der Waals surface area contributed by atoms with Crippen molar-refractivity contribution >= 4 is 17.5 Å². The summed E-state index contributed by atoms with van der Waals surface area (Å²) in [5, 5.41) is 10.6. The molecule has 0 aliphatic carbocycles. The van der Waals surface area contributed by atoms with Gasteiger partial charge in [0.15, 0.2) is 11.7 Å². The van der Waals surface area contributed by atoms with Gasteiger partial charge in [0.05, 0.1) is 12.3 Å². The van der Waals surface area contributed by atoms with Crippen LogP contribution >= 0.6 is 11.6 Å². The number of carbonyl (C=O) groups is 1. The van der Waals surface area contributed by atoms with Gasteiger partial charge in [-0.3, -0.25) is 4.79 Å². The molecule has 3 rings (SSSR count). The summed E-state index contributed by atoms with van der Waals surface area (Å²) in [5.74, 6) is 1.49. The molecule has 0 saturated carbocycles. The van der Waals surface area contributed by atoms with E-state index in [1.54, 1.807) is 23.2 Å².